The quantitative estimate of drug-likeness (QED) is 0.683. The van der Waals surface area contributed by atoms with Crippen LogP contribution in [-0.4, -0.2) is 29.1 Å². The van der Waals surface area contributed by atoms with Gasteiger partial charge in [0.1, 0.15) is 0 Å². The number of hydrogen-bond donors (Lipinski definition) is 1. The maximum Gasteiger partial charge on any atom is 0.336 e. The summed E-state index contributed by atoms with van der Waals surface area (Å²) in [5.41, 5.74) is 1.04. The summed E-state index contributed by atoms with van der Waals surface area (Å²) in [5, 5.41) is 20.3. The lowest BCUT2D eigenvalue weighted by atomic mass is 9.91. The molecule has 2 rings (SSSR count). The van der Waals surface area contributed by atoms with Crippen molar-refractivity contribution < 1.29 is 14.8 Å². The first-order valence-corrected chi connectivity index (χ1v) is 7.06. The maximum absolute atomic E-state index is 11.2. The van der Waals surface area contributed by atoms with Gasteiger partial charge >= 0.3 is 5.97 Å². The molecule has 21 heavy (non-hydrogen) atoms. The van der Waals surface area contributed by atoms with E-state index in [1.165, 1.54) is 0 Å². The first-order valence-electron chi connectivity index (χ1n) is 7.06. The third kappa shape index (κ3) is 3.15. The minimum Gasteiger partial charge on any atom is -0.478 e. The van der Waals surface area contributed by atoms with Crippen molar-refractivity contribution in [1.82, 2.24) is 0 Å². The smallest absolute Gasteiger partial charge is 0.336 e. The average molecular weight is 292 g/mol. The van der Waals surface area contributed by atoms with Crippen LogP contribution < -0.4 is 4.90 Å². The van der Waals surface area contributed by atoms with Crippen LogP contribution in [0.5, 0.6) is 0 Å². The van der Waals surface area contributed by atoms with Gasteiger partial charge in [-0.15, -0.1) is 0 Å². The topological polar surface area (TPSA) is 83.7 Å². The molecule has 2 atom stereocenters. The van der Waals surface area contributed by atoms with Crippen molar-refractivity contribution >= 4 is 17.3 Å². The summed E-state index contributed by atoms with van der Waals surface area (Å²) in [4.78, 5) is 23.9. The lowest BCUT2D eigenvalue weighted by molar-refractivity contribution is -0.385. The number of rotatable bonds is 3. The fourth-order valence-corrected chi connectivity index (χ4v) is 3.19. The molecule has 0 bridgehead atoms. The standard InChI is InChI=1S/C15H20N2O4/c1-9-4-10(2)8-16(7-9)13-5-12(15(18)19)6-14(11(13)3)17(20)21/h5-6,9-10H,4,7-8H2,1-3H3,(H,18,19). The van der Waals surface area contributed by atoms with E-state index >= 15 is 0 Å². The predicted molar refractivity (Wildman–Crippen MR) is 80.0 cm³/mol. The number of hydrogen-bond acceptors (Lipinski definition) is 4. The summed E-state index contributed by atoms with van der Waals surface area (Å²) in [6, 6.07) is 2.69. The Morgan fingerprint density at radius 3 is 2.38 bits per heavy atom. The fourth-order valence-electron chi connectivity index (χ4n) is 3.19. The summed E-state index contributed by atoms with van der Waals surface area (Å²) < 4.78 is 0. The highest BCUT2D eigenvalue weighted by Crippen LogP contribution is 2.34. The zero-order valence-corrected chi connectivity index (χ0v) is 12.5. The zero-order chi connectivity index (χ0) is 15.7. The Hall–Kier alpha value is -2.11. The minimum absolute atomic E-state index is 0.0341. The second kappa shape index (κ2) is 5.71. The number of nitro benzene ring substituents is 1. The van der Waals surface area contributed by atoms with Gasteiger partial charge in [0.25, 0.3) is 5.69 Å². The van der Waals surface area contributed by atoms with Gasteiger partial charge in [-0.25, -0.2) is 4.79 Å². The molecule has 1 N–H and O–H groups in total. The molecule has 0 saturated carbocycles. The molecule has 114 valence electrons. The van der Waals surface area contributed by atoms with Gasteiger partial charge < -0.3 is 10.0 Å². The molecule has 6 heteroatoms. The molecule has 0 spiro atoms. The van der Waals surface area contributed by atoms with Crippen molar-refractivity contribution in [2.75, 3.05) is 18.0 Å². The Morgan fingerprint density at radius 1 is 1.33 bits per heavy atom. The molecular formula is C15H20N2O4. The van der Waals surface area contributed by atoms with E-state index in [2.05, 4.69) is 18.7 Å². The summed E-state index contributed by atoms with van der Waals surface area (Å²) in [5.74, 6) is -0.168. The largest absolute Gasteiger partial charge is 0.478 e. The van der Waals surface area contributed by atoms with Crippen LogP contribution in [0, 0.1) is 28.9 Å². The molecule has 1 aromatic carbocycles. The molecule has 1 aliphatic heterocycles. The molecule has 0 aliphatic carbocycles. The van der Waals surface area contributed by atoms with Gasteiger partial charge in [-0.3, -0.25) is 10.1 Å². The zero-order valence-electron chi connectivity index (χ0n) is 12.5. The van der Waals surface area contributed by atoms with E-state index in [0.717, 1.165) is 25.6 Å². The highest BCUT2D eigenvalue weighted by molar-refractivity contribution is 5.90. The number of piperidine rings is 1. The SMILES string of the molecule is Cc1c(N2CC(C)CC(C)C2)cc(C(=O)O)cc1[N+](=O)[O-]. The number of nitrogens with zero attached hydrogens (tertiary/aromatic N) is 2. The molecule has 2 unspecified atom stereocenters. The number of anilines is 1. The summed E-state index contributed by atoms with van der Waals surface area (Å²) >= 11 is 0. The number of nitro groups is 1. The van der Waals surface area contributed by atoms with Crippen LogP contribution in [0.4, 0.5) is 11.4 Å². The van der Waals surface area contributed by atoms with Crippen molar-refractivity contribution in [3.63, 3.8) is 0 Å². The van der Waals surface area contributed by atoms with Crippen molar-refractivity contribution in [3.8, 4) is 0 Å². The van der Waals surface area contributed by atoms with Gasteiger partial charge in [0, 0.05) is 24.8 Å². The summed E-state index contributed by atoms with van der Waals surface area (Å²) in [6.45, 7) is 7.57. The molecule has 1 heterocycles. The number of benzene rings is 1. The third-order valence-corrected chi connectivity index (χ3v) is 4.01. The number of aromatic carboxylic acids is 1. The van der Waals surface area contributed by atoms with Gasteiger partial charge in [0.05, 0.1) is 16.1 Å². The van der Waals surface area contributed by atoms with Crippen LogP contribution >= 0.6 is 0 Å². The van der Waals surface area contributed by atoms with Gasteiger partial charge in [-0.2, -0.15) is 0 Å². The molecule has 0 aromatic heterocycles. The first-order chi connectivity index (χ1) is 9.79. The molecule has 1 fully saturated rings. The molecule has 1 aliphatic rings. The Balaban J connectivity index is 2.51. The number of carbonyl (C=O) groups is 1. The van der Waals surface area contributed by atoms with E-state index < -0.39 is 10.9 Å². The van der Waals surface area contributed by atoms with Crippen molar-refractivity contribution in [2.24, 2.45) is 11.8 Å². The highest BCUT2D eigenvalue weighted by Gasteiger charge is 2.27. The molecule has 0 amide bonds. The first kappa shape index (κ1) is 15.3. The Labute approximate surface area is 123 Å². The highest BCUT2D eigenvalue weighted by atomic mass is 16.6. The summed E-state index contributed by atoms with van der Waals surface area (Å²) in [7, 11) is 0. The van der Waals surface area contributed by atoms with Crippen molar-refractivity contribution in [1.29, 1.82) is 0 Å². The monoisotopic (exact) mass is 292 g/mol. The van der Waals surface area contributed by atoms with Crippen LogP contribution in [0.15, 0.2) is 12.1 Å². The molecule has 6 nitrogen and oxygen atoms in total. The number of carboxylic acids is 1. The molecule has 0 radical (unpaired) electrons. The third-order valence-electron chi connectivity index (χ3n) is 4.01. The van der Waals surface area contributed by atoms with E-state index in [1.54, 1.807) is 13.0 Å². The number of carboxylic acid groups (broad SMARTS) is 1. The van der Waals surface area contributed by atoms with E-state index in [-0.39, 0.29) is 11.3 Å². The van der Waals surface area contributed by atoms with Crippen LogP contribution in [0.25, 0.3) is 0 Å². The molecular weight excluding hydrogens is 272 g/mol. The van der Waals surface area contributed by atoms with E-state index in [0.29, 0.717) is 23.1 Å². The van der Waals surface area contributed by atoms with Gasteiger partial charge in [0.15, 0.2) is 0 Å². The van der Waals surface area contributed by atoms with Crippen LogP contribution in [0.2, 0.25) is 0 Å². The summed E-state index contributed by atoms with van der Waals surface area (Å²) in [6.07, 6.45) is 1.12. The lowest BCUT2D eigenvalue weighted by Gasteiger charge is -2.37. The van der Waals surface area contributed by atoms with E-state index in [9.17, 15) is 14.9 Å². The molecule has 1 saturated heterocycles. The van der Waals surface area contributed by atoms with E-state index in [1.807, 2.05) is 0 Å². The Kier molecular flexibility index (Phi) is 4.16. The van der Waals surface area contributed by atoms with Crippen LogP contribution in [0.3, 0.4) is 0 Å². The minimum atomic E-state index is -1.14. The fraction of sp³-hybridized carbons (Fsp3) is 0.533. The van der Waals surface area contributed by atoms with Crippen molar-refractivity contribution in [3.05, 3.63) is 33.4 Å². The normalized spacial score (nSPS) is 22.1. The van der Waals surface area contributed by atoms with Crippen LogP contribution in [-0.2, 0) is 0 Å². The molecule has 1 aromatic rings. The van der Waals surface area contributed by atoms with Crippen molar-refractivity contribution in [2.45, 2.75) is 27.2 Å². The average Bonchev–Trinajstić information content (AvgIpc) is 2.36. The van der Waals surface area contributed by atoms with E-state index in [4.69, 9.17) is 5.11 Å². The maximum atomic E-state index is 11.2. The lowest BCUT2D eigenvalue weighted by Crippen LogP contribution is -2.39. The van der Waals surface area contributed by atoms with Gasteiger partial charge in [0.2, 0.25) is 0 Å². The van der Waals surface area contributed by atoms with Crippen LogP contribution in [0.1, 0.15) is 36.2 Å². The predicted octanol–water partition coefficient (Wildman–Crippen LogP) is 3.08. The second-order valence-corrected chi connectivity index (χ2v) is 6.05. The Bertz CT molecular complexity index is 575. The van der Waals surface area contributed by atoms with Gasteiger partial charge in [-0.1, -0.05) is 13.8 Å². The van der Waals surface area contributed by atoms with Gasteiger partial charge in [-0.05, 0) is 31.2 Å². The second-order valence-electron chi connectivity index (χ2n) is 6.05. The Morgan fingerprint density at radius 2 is 1.90 bits per heavy atom.